The molecule has 106 valence electrons. The highest BCUT2D eigenvalue weighted by molar-refractivity contribution is 5.75. The molecule has 0 unspecified atom stereocenters. The number of carbonyl (C=O) groups excluding carboxylic acids is 1. The van der Waals surface area contributed by atoms with Crippen molar-refractivity contribution in [2.75, 3.05) is 45.9 Å². The zero-order valence-electron chi connectivity index (χ0n) is 11.7. The average molecular weight is 257 g/mol. The van der Waals surface area contributed by atoms with Crippen molar-refractivity contribution in [1.82, 2.24) is 15.5 Å². The normalized spacial score (nSPS) is 17.1. The van der Waals surface area contributed by atoms with Gasteiger partial charge >= 0.3 is 0 Å². The Morgan fingerprint density at radius 3 is 2.78 bits per heavy atom. The molecule has 1 aliphatic rings. The van der Waals surface area contributed by atoms with Gasteiger partial charge in [0.15, 0.2) is 0 Å². The highest BCUT2D eigenvalue weighted by Crippen LogP contribution is 1.95. The number of nitrogens with one attached hydrogen (secondary N) is 2. The van der Waals surface area contributed by atoms with Crippen molar-refractivity contribution in [2.24, 2.45) is 0 Å². The van der Waals surface area contributed by atoms with E-state index in [2.05, 4.69) is 15.5 Å². The van der Waals surface area contributed by atoms with Crippen molar-refractivity contribution in [3.63, 3.8) is 0 Å². The Morgan fingerprint density at radius 1 is 1.39 bits per heavy atom. The molecule has 0 aromatic heterocycles. The lowest BCUT2D eigenvalue weighted by Crippen LogP contribution is -2.46. The summed E-state index contributed by atoms with van der Waals surface area (Å²) in [4.78, 5) is 13.9. The predicted octanol–water partition coefficient (Wildman–Crippen LogP) is 0.213. The number of rotatable bonds is 8. The summed E-state index contributed by atoms with van der Waals surface area (Å²) in [5, 5.41) is 6.28. The Hall–Kier alpha value is -0.650. The van der Waals surface area contributed by atoms with Gasteiger partial charge in [-0.15, -0.1) is 0 Å². The predicted molar refractivity (Wildman–Crippen MR) is 72.6 cm³/mol. The van der Waals surface area contributed by atoms with Crippen LogP contribution in [-0.4, -0.2) is 62.8 Å². The molecule has 1 aliphatic heterocycles. The van der Waals surface area contributed by atoms with Gasteiger partial charge in [-0.05, 0) is 20.3 Å². The first-order valence-electron chi connectivity index (χ1n) is 7.00. The van der Waals surface area contributed by atoms with E-state index in [4.69, 9.17) is 4.74 Å². The van der Waals surface area contributed by atoms with Crippen molar-refractivity contribution in [2.45, 2.75) is 32.8 Å². The summed E-state index contributed by atoms with van der Waals surface area (Å²) in [5.41, 5.74) is 0. The van der Waals surface area contributed by atoms with Gasteiger partial charge in [0, 0.05) is 52.3 Å². The van der Waals surface area contributed by atoms with E-state index >= 15 is 0 Å². The minimum atomic E-state index is 0.137. The standard InChI is InChI=1S/C13H27N3O2/c1-12(2)18-11-3-4-13(17)15-7-10-16-8-5-14-6-9-16/h12,14H,3-11H2,1-2H3,(H,15,17). The molecule has 0 saturated carbocycles. The van der Waals surface area contributed by atoms with Crippen LogP contribution in [0.2, 0.25) is 0 Å². The van der Waals surface area contributed by atoms with E-state index in [1.807, 2.05) is 13.8 Å². The number of nitrogens with zero attached hydrogens (tertiary/aromatic N) is 1. The highest BCUT2D eigenvalue weighted by atomic mass is 16.5. The van der Waals surface area contributed by atoms with Gasteiger partial charge in [0.1, 0.15) is 0 Å². The van der Waals surface area contributed by atoms with E-state index in [1.165, 1.54) is 0 Å². The largest absolute Gasteiger partial charge is 0.379 e. The van der Waals surface area contributed by atoms with E-state index in [9.17, 15) is 4.79 Å². The van der Waals surface area contributed by atoms with Crippen LogP contribution >= 0.6 is 0 Å². The Labute approximate surface area is 110 Å². The molecule has 1 rings (SSSR count). The lowest BCUT2D eigenvalue weighted by molar-refractivity contribution is -0.121. The first kappa shape index (κ1) is 15.4. The van der Waals surface area contributed by atoms with E-state index in [-0.39, 0.29) is 12.0 Å². The molecule has 1 heterocycles. The van der Waals surface area contributed by atoms with Gasteiger partial charge in [0.05, 0.1) is 6.10 Å². The number of amides is 1. The number of piperazine rings is 1. The molecule has 1 fully saturated rings. The maximum atomic E-state index is 11.5. The summed E-state index contributed by atoms with van der Waals surface area (Å²) in [6.07, 6.45) is 1.62. The fourth-order valence-corrected chi connectivity index (χ4v) is 1.93. The molecule has 0 atom stereocenters. The molecule has 5 heteroatoms. The fraction of sp³-hybridized carbons (Fsp3) is 0.923. The lowest BCUT2D eigenvalue weighted by atomic mass is 10.3. The summed E-state index contributed by atoms with van der Waals surface area (Å²) >= 11 is 0. The quantitative estimate of drug-likeness (QED) is 0.611. The monoisotopic (exact) mass is 257 g/mol. The summed E-state index contributed by atoms with van der Waals surface area (Å²) in [6, 6.07) is 0. The molecule has 0 bridgehead atoms. The van der Waals surface area contributed by atoms with Crippen LogP contribution in [0.5, 0.6) is 0 Å². The van der Waals surface area contributed by atoms with E-state index in [1.54, 1.807) is 0 Å². The molecule has 0 aromatic carbocycles. The minimum absolute atomic E-state index is 0.137. The molecule has 1 saturated heterocycles. The van der Waals surface area contributed by atoms with Crippen LogP contribution in [0.3, 0.4) is 0 Å². The molecule has 2 N–H and O–H groups in total. The molecule has 18 heavy (non-hydrogen) atoms. The molecule has 1 amide bonds. The third kappa shape index (κ3) is 7.63. The summed E-state index contributed by atoms with van der Waals surface area (Å²) < 4.78 is 5.40. The van der Waals surface area contributed by atoms with Crippen molar-refractivity contribution in [1.29, 1.82) is 0 Å². The molecule has 0 radical (unpaired) electrons. The summed E-state index contributed by atoms with van der Waals surface area (Å²) in [6.45, 7) is 10.7. The van der Waals surface area contributed by atoms with E-state index in [0.717, 1.165) is 45.7 Å². The van der Waals surface area contributed by atoms with Crippen LogP contribution in [0.25, 0.3) is 0 Å². The zero-order chi connectivity index (χ0) is 13.2. The van der Waals surface area contributed by atoms with E-state index in [0.29, 0.717) is 13.0 Å². The fourth-order valence-electron chi connectivity index (χ4n) is 1.93. The van der Waals surface area contributed by atoms with Gasteiger partial charge in [0.25, 0.3) is 0 Å². The van der Waals surface area contributed by atoms with Crippen LogP contribution in [0, 0.1) is 0 Å². The van der Waals surface area contributed by atoms with Crippen LogP contribution < -0.4 is 10.6 Å². The van der Waals surface area contributed by atoms with Crippen molar-refractivity contribution >= 4 is 5.91 Å². The molecule has 5 nitrogen and oxygen atoms in total. The van der Waals surface area contributed by atoms with Gasteiger partial charge in [0.2, 0.25) is 5.91 Å². The highest BCUT2D eigenvalue weighted by Gasteiger charge is 2.09. The number of hydrogen-bond donors (Lipinski definition) is 2. The lowest BCUT2D eigenvalue weighted by Gasteiger charge is -2.27. The minimum Gasteiger partial charge on any atom is -0.379 e. The second-order valence-electron chi connectivity index (χ2n) is 4.96. The van der Waals surface area contributed by atoms with Crippen molar-refractivity contribution in [3.05, 3.63) is 0 Å². The van der Waals surface area contributed by atoms with Crippen LogP contribution in [-0.2, 0) is 9.53 Å². The molecule has 0 aliphatic carbocycles. The van der Waals surface area contributed by atoms with Crippen molar-refractivity contribution < 1.29 is 9.53 Å². The second kappa shape index (κ2) is 9.30. The Kier molecular flexibility index (Phi) is 7.96. The number of hydrogen-bond acceptors (Lipinski definition) is 4. The number of ether oxygens (including phenoxy) is 1. The molecule has 0 spiro atoms. The summed E-state index contributed by atoms with van der Waals surface area (Å²) in [7, 11) is 0. The number of carbonyl (C=O) groups is 1. The van der Waals surface area contributed by atoms with Gasteiger partial charge in [-0.1, -0.05) is 0 Å². The third-order valence-electron chi connectivity index (χ3n) is 2.96. The van der Waals surface area contributed by atoms with Gasteiger partial charge in [-0.2, -0.15) is 0 Å². The SMILES string of the molecule is CC(C)OCCCC(=O)NCCN1CCNCC1. The van der Waals surface area contributed by atoms with Gasteiger partial charge in [-0.25, -0.2) is 0 Å². The Bertz CT molecular complexity index is 228. The van der Waals surface area contributed by atoms with Crippen LogP contribution in [0.15, 0.2) is 0 Å². The molecule has 0 aromatic rings. The molecular formula is C13H27N3O2. The first-order chi connectivity index (χ1) is 8.68. The zero-order valence-corrected chi connectivity index (χ0v) is 11.7. The maximum Gasteiger partial charge on any atom is 0.220 e. The first-order valence-corrected chi connectivity index (χ1v) is 7.00. The topological polar surface area (TPSA) is 53.6 Å². The van der Waals surface area contributed by atoms with Gasteiger partial charge < -0.3 is 15.4 Å². The van der Waals surface area contributed by atoms with Crippen LogP contribution in [0.4, 0.5) is 0 Å². The average Bonchev–Trinajstić information content (AvgIpc) is 2.36. The summed E-state index contributed by atoms with van der Waals surface area (Å²) in [5.74, 6) is 0.137. The second-order valence-corrected chi connectivity index (χ2v) is 4.96. The van der Waals surface area contributed by atoms with E-state index < -0.39 is 0 Å². The van der Waals surface area contributed by atoms with Gasteiger partial charge in [-0.3, -0.25) is 9.69 Å². The Balaban J connectivity index is 1.92. The van der Waals surface area contributed by atoms with Crippen molar-refractivity contribution in [3.8, 4) is 0 Å². The Morgan fingerprint density at radius 2 is 2.11 bits per heavy atom. The third-order valence-corrected chi connectivity index (χ3v) is 2.96. The van der Waals surface area contributed by atoms with Crippen LogP contribution in [0.1, 0.15) is 26.7 Å². The smallest absolute Gasteiger partial charge is 0.220 e. The molecular weight excluding hydrogens is 230 g/mol. The maximum absolute atomic E-state index is 11.5.